The van der Waals surface area contributed by atoms with E-state index in [4.69, 9.17) is 17.3 Å². The van der Waals surface area contributed by atoms with Gasteiger partial charge >= 0.3 is 0 Å². The Labute approximate surface area is 220 Å². The van der Waals surface area contributed by atoms with Crippen molar-refractivity contribution >= 4 is 35.1 Å². The number of nitrogens with two attached hydrogens (primary N) is 1. The summed E-state index contributed by atoms with van der Waals surface area (Å²) in [7, 11) is 0. The van der Waals surface area contributed by atoms with Crippen LogP contribution in [0.4, 0.5) is 16.0 Å². The second-order valence-corrected chi connectivity index (χ2v) is 8.55. The highest BCUT2D eigenvalue weighted by molar-refractivity contribution is 6.34. The van der Waals surface area contributed by atoms with Crippen LogP contribution >= 0.6 is 11.6 Å². The van der Waals surface area contributed by atoms with E-state index in [1.807, 2.05) is 6.07 Å². The Morgan fingerprint density at radius 1 is 1.03 bits per heavy atom. The molecule has 0 radical (unpaired) electrons. The minimum absolute atomic E-state index is 0.0621. The van der Waals surface area contributed by atoms with Gasteiger partial charge in [-0.3, -0.25) is 19.7 Å². The lowest BCUT2D eigenvalue weighted by molar-refractivity contribution is 0.0944. The normalized spacial score (nSPS) is 10.8. The molecule has 38 heavy (non-hydrogen) atoms. The number of hydrogen-bond donors (Lipinski definition) is 4. The Morgan fingerprint density at radius 2 is 1.84 bits per heavy atom. The molecular weight excluding hydrogens is 511 g/mol. The van der Waals surface area contributed by atoms with Crippen LogP contribution in [0.25, 0.3) is 16.9 Å². The number of carbonyl (C=O) groups is 2. The average molecular weight is 531 g/mol. The first kappa shape index (κ1) is 24.7. The first-order valence-electron chi connectivity index (χ1n) is 11.3. The van der Waals surface area contributed by atoms with Crippen LogP contribution in [-0.4, -0.2) is 36.8 Å². The van der Waals surface area contributed by atoms with Crippen molar-refractivity contribution in [3.63, 3.8) is 0 Å². The molecule has 0 fully saturated rings. The van der Waals surface area contributed by atoms with Gasteiger partial charge in [0.25, 0.3) is 11.8 Å². The van der Waals surface area contributed by atoms with Crippen molar-refractivity contribution in [2.75, 3.05) is 11.1 Å². The number of nitrogen functional groups attached to an aromatic ring is 1. The number of para-hydroxylation sites is 1. The highest BCUT2D eigenvalue weighted by Gasteiger charge is 2.20. The largest absolute Gasteiger partial charge is 0.382 e. The molecular formula is C26H20ClFN8O2. The summed E-state index contributed by atoms with van der Waals surface area (Å²) in [5.41, 5.74) is 7.45. The van der Waals surface area contributed by atoms with E-state index in [1.54, 1.807) is 36.4 Å². The van der Waals surface area contributed by atoms with Gasteiger partial charge in [0.2, 0.25) is 0 Å². The third kappa shape index (κ3) is 5.22. The fourth-order valence-electron chi connectivity index (χ4n) is 3.71. The van der Waals surface area contributed by atoms with Gasteiger partial charge in [-0.2, -0.15) is 10.2 Å². The van der Waals surface area contributed by atoms with E-state index in [9.17, 15) is 14.0 Å². The van der Waals surface area contributed by atoms with Gasteiger partial charge in [0, 0.05) is 23.9 Å². The molecule has 0 aliphatic carbocycles. The minimum Gasteiger partial charge on any atom is -0.382 e. The number of aromatic amines is 1. The van der Waals surface area contributed by atoms with Gasteiger partial charge < -0.3 is 16.4 Å². The van der Waals surface area contributed by atoms with Crippen molar-refractivity contribution in [1.29, 1.82) is 0 Å². The van der Waals surface area contributed by atoms with Crippen molar-refractivity contribution in [1.82, 2.24) is 30.3 Å². The summed E-state index contributed by atoms with van der Waals surface area (Å²) in [6.07, 6.45) is 1.46. The average Bonchev–Trinajstić information content (AvgIpc) is 3.54. The predicted octanol–water partition coefficient (Wildman–Crippen LogP) is 4.21. The number of aromatic nitrogens is 5. The SMILES string of the molecule is Nc1cc(CNC(=O)c2cc(NC(=O)c3cc(-c4ncccc4F)ccc3Cl)n(-c3ccccc3)n2)[nH]n1. The molecule has 3 aromatic heterocycles. The fourth-order valence-corrected chi connectivity index (χ4v) is 3.91. The number of H-pyrrole nitrogens is 1. The quantitative estimate of drug-likeness (QED) is 0.248. The summed E-state index contributed by atoms with van der Waals surface area (Å²) in [4.78, 5) is 30.2. The Kier molecular flexibility index (Phi) is 6.83. The zero-order chi connectivity index (χ0) is 26.6. The number of pyridine rings is 1. The Hall–Kier alpha value is -5.03. The summed E-state index contributed by atoms with van der Waals surface area (Å²) in [5.74, 6) is -1.06. The van der Waals surface area contributed by atoms with E-state index >= 15 is 0 Å². The smallest absolute Gasteiger partial charge is 0.272 e. The topological polar surface area (TPSA) is 144 Å². The highest BCUT2D eigenvalue weighted by atomic mass is 35.5. The molecule has 0 saturated heterocycles. The van der Waals surface area contributed by atoms with Crippen molar-refractivity contribution < 1.29 is 14.0 Å². The van der Waals surface area contributed by atoms with E-state index in [0.717, 1.165) is 0 Å². The number of hydrogen-bond acceptors (Lipinski definition) is 6. The zero-order valence-corrected chi connectivity index (χ0v) is 20.4. The number of nitrogens with one attached hydrogen (secondary N) is 3. The highest BCUT2D eigenvalue weighted by Crippen LogP contribution is 2.27. The molecule has 3 heterocycles. The molecule has 12 heteroatoms. The molecule has 190 valence electrons. The third-order valence-electron chi connectivity index (χ3n) is 5.52. The maximum absolute atomic E-state index is 14.3. The molecule has 0 unspecified atom stereocenters. The third-order valence-corrected chi connectivity index (χ3v) is 5.85. The summed E-state index contributed by atoms with van der Waals surface area (Å²) in [6.45, 7) is 0.148. The molecule has 5 aromatic rings. The Bertz CT molecular complexity index is 1630. The van der Waals surface area contributed by atoms with Gasteiger partial charge in [0.1, 0.15) is 23.1 Å². The number of rotatable bonds is 7. The molecule has 0 saturated carbocycles. The van der Waals surface area contributed by atoms with Crippen molar-refractivity contribution in [3.05, 3.63) is 107 Å². The van der Waals surface area contributed by atoms with E-state index < -0.39 is 17.6 Å². The van der Waals surface area contributed by atoms with Gasteiger partial charge in [-0.05, 0) is 36.4 Å². The maximum Gasteiger partial charge on any atom is 0.272 e. The minimum atomic E-state index is -0.579. The zero-order valence-electron chi connectivity index (χ0n) is 19.7. The van der Waals surface area contributed by atoms with E-state index in [1.165, 1.54) is 41.2 Å². The molecule has 0 aliphatic heterocycles. The molecule has 0 atom stereocenters. The van der Waals surface area contributed by atoms with Gasteiger partial charge in [0.05, 0.1) is 28.5 Å². The number of nitrogens with zero attached hydrogens (tertiary/aromatic N) is 4. The maximum atomic E-state index is 14.3. The molecule has 0 aliphatic rings. The van der Waals surface area contributed by atoms with E-state index in [0.29, 0.717) is 22.8 Å². The van der Waals surface area contributed by atoms with Crippen molar-refractivity contribution in [2.45, 2.75) is 6.54 Å². The lowest BCUT2D eigenvalue weighted by Crippen LogP contribution is -2.23. The van der Waals surface area contributed by atoms with Crippen molar-refractivity contribution in [3.8, 4) is 16.9 Å². The van der Waals surface area contributed by atoms with Crippen LogP contribution in [0.15, 0.2) is 79.0 Å². The van der Waals surface area contributed by atoms with E-state index in [-0.39, 0.29) is 34.3 Å². The van der Waals surface area contributed by atoms with Crippen LogP contribution in [0.3, 0.4) is 0 Å². The first-order chi connectivity index (χ1) is 18.4. The Morgan fingerprint density at radius 3 is 2.58 bits per heavy atom. The molecule has 0 bridgehead atoms. The van der Waals surface area contributed by atoms with Crippen LogP contribution in [0, 0.1) is 5.82 Å². The van der Waals surface area contributed by atoms with Gasteiger partial charge in [-0.15, -0.1) is 0 Å². The van der Waals surface area contributed by atoms with Crippen LogP contribution in [0.2, 0.25) is 5.02 Å². The lowest BCUT2D eigenvalue weighted by atomic mass is 10.1. The lowest BCUT2D eigenvalue weighted by Gasteiger charge is -2.11. The molecule has 0 spiro atoms. The second-order valence-electron chi connectivity index (χ2n) is 8.15. The number of amides is 2. The van der Waals surface area contributed by atoms with Gasteiger partial charge in [-0.25, -0.2) is 9.07 Å². The second kappa shape index (κ2) is 10.5. The first-order valence-corrected chi connectivity index (χ1v) is 11.7. The standard InChI is InChI=1S/C26H20ClFN8O2/c27-19-9-8-15(24-20(28)7-4-10-30-24)11-18(19)25(37)32-23-13-21(35-36(23)17-5-2-1-3-6-17)26(38)31-14-16-12-22(29)34-33-16/h1-13H,14H2,(H,31,38)(H,32,37)(H3,29,33,34). The summed E-state index contributed by atoms with van der Waals surface area (Å²) in [5, 5.41) is 16.6. The summed E-state index contributed by atoms with van der Waals surface area (Å²) < 4.78 is 15.7. The molecule has 5 rings (SSSR count). The molecule has 2 aromatic carbocycles. The van der Waals surface area contributed by atoms with E-state index in [2.05, 4.69) is 30.9 Å². The number of carbonyl (C=O) groups excluding carboxylic acids is 2. The van der Waals surface area contributed by atoms with Gasteiger partial charge in [-0.1, -0.05) is 35.9 Å². The summed E-state index contributed by atoms with van der Waals surface area (Å²) in [6, 6.07) is 19.3. The fraction of sp³-hybridized carbons (Fsp3) is 0.0385. The molecule has 5 N–H and O–H groups in total. The van der Waals surface area contributed by atoms with Crippen LogP contribution < -0.4 is 16.4 Å². The number of halogens is 2. The van der Waals surface area contributed by atoms with Crippen LogP contribution in [-0.2, 0) is 6.54 Å². The number of benzene rings is 2. The van der Waals surface area contributed by atoms with Crippen LogP contribution in [0.1, 0.15) is 26.5 Å². The molecule has 2 amide bonds. The molecule has 10 nitrogen and oxygen atoms in total. The van der Waals surface area contributed by atoms with Crippen LogP contribution in [0.5, 0.6) is 0 Å². The van der Waals surface area contributed by atoms with Gasteiger partial charge in [0.15, 0.2) is 5.69 Å². The number of anilines is 2. The Balaban J connectivity index is 1.44. The summed E-state index contributed by atoms with van der Waals surface area (Å²) >= 11 is 6.32. The predicted molar refractivity (Wildman–Crippen MR) is 140 cm³/mol. The van der Waals surface area contributed by atoms with Crippen molar-refractivity contribution in [2.24, 2.45) is 0 Å². The monoisotopic (exact) mass is 530 g/mol.